The minimum atomic E-state index is -0.245. The Kier molecular flexibility index (Phi) is 8.56. The molecule has 0 spiro atoms. The van der Waals surface area contributed by atoms with E-state index in [-0.39, 0.29) is 16.8 Å². The minimum absolute atomic E-state index is 0.0973. The highest BCUT2D eigenvalue weighted by Crippen LogP contribution is 2.41. The highest BCUT2D eigenvalue weighted by molar-refractivity contribution is 5.71. The van der Waals surface area contributed by atoms with Crippen LogP contribution in [0.4, 0.5) is 0 Å². The number of ether oxygens (including phenoxy) is 1. The van der Waals surface area contributed by atoms with Crippen LogP contribution in [0.15, 0.2) is 12.1 Å². The Morgan fingerprint density at radius 1 is 1.00 bits per heavy atom. The van der Waals surface area contributed by atoms with Crippen LogP contribution in [0.3, 0.4) is 0 Å². The average Bonchev–Trinajstić information content (AvgIpc) is 2.64. The van der Waals surface area contributed by atoms with Crippen LogP contribution in [-0.2, 0) is 22.2 Å². The molecule has 1 aromatic rings. The second kappa shape index (κ2) is 10.3. The van der Waals surface area contributed by atoms with Gasteiger partial charge in [0.1, 0.15) is 5.75 Å². The van der Waals surface area contributed by atoms with Crippen molar-refractivity contribution in [2.75, 3.05) is 6.54 Å². The van der Waals surface area contributed by atoms with Crippen molar-refractivity contribution in [3.8, 4) is 5.75 Å². The molecule has 0 radical (unpaired) electrons. The smallest absolute Gasteiger partial charge is 0.308 e. The van der Waals surface area contributed by atoms with Gasteiger partial charge in [0.05, 0.1) is 0 Å². The van der Waals surface area contributed by atoms with E-state index in [0.717, 1.165) is 23.4 Å². The third-order valence-electron chi connectivity index (χ3n) is 6.29. The molecule has 170 valence electrons. The summed E-state index contributed by atoms with van der Waals surface area (Å²) >= 11 is 0. The van der Waals surface area contributed by atoms with Gasteiger partial charge in [-0.15, -0.1) is 0 Å². The molecule has 0 bridgehead atoms. The van der Waals surface area contributed by atoms with Gasteiger partial charge >= 0.3 is 5.97 Å². The fourth-order valence-corrected chi connectivity index (χ4v) is 4.58. The lowest BCUT2D eigenvalue weighted by atomic mass is 9.78. The van der Waals surface area contributed by atoms with Crippen molar-refractivity contribution >= 4 is 5.97 Å². The normalized spacial score (nSPS) is 16.2. The Morgan fingerprint density at radius 2 is 1.53 bits per heavy atom. The quantitative estimate of drug-likeness (QED) is 0.350. The topological polar surface area (TPSA) is 29.5 Å². The first kappa shape index (κ1) is 24.9. The van der Waals surface area contributed by atoms with Crippen molar-refractivity contribution in [1.82, 2.24) is 4.90 Å². The lowest BCUT2D eigenvalue weighted by Gasteiger charge is -2.36. The fraction of sp³-hybridized carbons (Fsp3) is 0.741. The van der Waals surface area contributed by atoms with Crippen LogP contribution in [0.1, 0.15) is 117 Å². The summed E-state index contributed by atoms with van der Waals surface area (Å²) in [4.78, 5) is 14.7. The van der Waals surface area contributed by atoms with Gasteiger partial charge < -0.3 is 4.74 Å². The minimum Gasteiger partial charge on any atom is -0.426 e. The number of unbranched alkanes of at least 4 members (excludes halogenated alkanes) is 1. The third-order valence-corrected chi connectivity index (χ3v) is 6.29. The molecular weight excluding hydrogens is 370 g/mol. The van der Waals surface area contributed by atoms with Crippen LogP contribution in [0.25, 0.3) is 0 Å². The Bertz CT molecular complexity index is 668. The van der Waals surface area contributed by atoms with Gasteiger partial charge in [0, 0.05) is 30.6 Å². The number of rotatable bonds is 7. The van der Waals surface area contributed by atoms with Gasteiger partial charge in [0.25, 0.3) is 0 Å². The van der Waals surface area contributed by atoms with Crippen molar-refractivity contribution < 1.29 is 9.53 Å². The SMILES string of the molecule is CCCCN(Cc1cc(C(C)(C)C)c(OC(C)=O)c(C(C)(C)C)c1)C1CCCCC1. The molecule has 0 saturated heterocycles. The van der Waals surface area contributed by atoms with Crippen molar-refractivity contribution in [2.45, 2.75) is 124 Å². The Balaban J connectivity index is 2.50. The van der Waals surface area contributed by atoms with E-state index >= 15 is 0 Å². The maximum absolute atomic E-state index is 11.9. The summed E-state index contributed by atoms with van der Waals surface area (Å²) < 4.78 is 5.82. The van der Waals surface area contributed by atoms with Gasteiger partial charge in [0.15, 0.2) is 0 Å². The molecule has 3 nitrogen and oxygen atoms in total. The van der Waals surface area contributed by atoms with Gasteiger partial charge in [-0.3, -0.25) is 9.69 Å². The summed E-state index contributed by atoms with van der Waals surface area (Å²) in [6.45, 7) is 19.2. The lowest BCUT2D eigenvalue weighted by molar-refractivity contribution is -0.132. The van der Waals surface area contributed by atoms with E-state index in [0.29, 0.717) is 6.04 Å². The van der Waals surface area contributed by atoms with E-state index in [2.05, 4.69) is 65.5 Å². The van der Waals surface area contributed by atoms with Crippen molar-refractivity contribution in [1.29, 1.82) is 0 Å². The molecule has 1 aliphatic carbocycles. The van der Waals surface area contributed by atoms with E-state index in [1.165, 1.54) is 64.0 Å². The summed E-state index contributed by atoms with van der Waals surface area (Å²) in [5.74, 6) is 0.523. The summed E-state index contributed by atoms with van der Waals surface area (Å²) in [6, 6.07) is 5.31. The van der Waals surface area contributed by atoms with Crippen LogP contribution < -0.4 is 4.74 Å². The summed E-state index contributed by atoms with van der Waals surface area (Å²) in [5.41, 5.74) is 3.43. The first-order valence-electron chi connectivity index (χ1n) is 12.0. The largest absolute Gasteiger partial charge is 0.426 e. The van der Waals surface area contributed by atoms with Crippen molar-refractivity contribution in [2.24, 2.45) is 0 Å². The first-order chi connectivity index (χ1) is 13.9. The molecule has 2 rings (SSSR count). The van der Waals surface area contributed by atoms with Gasteiger partial charge in [0.2, 0.25) is 0 Å². The second-order valence-corrected chi connectivity index (χ2v) is 11.2. The summed E-state index contributed by atoms with van der Waals surface area (Å²) in [5, 5.41) is 0. The molecule has 0 N–H and O–H groups in total. The monoisotopic (exact) mass is 415 g/mol. The molecule has 0 heterocycles. The van der Waals surface area contributed by atoms with Gasteiger partial charge in [-0.25, -0.2) is 0 Å². The lowest BCUT2D eigenvalue weighted by Crippen LogP contribution is -2.37. The fourth-order valence-electron chi connectivity index (χ4n) is 4.58. The first-order valence-corrected chi connectivity index (χ1v) is 12.0. The van der Waals surface area contributed by atoms with Gasteiger partial charge in [-0.1, -0.05) is 86.3 Å². The maximum Gasteiger partial charge on any atom is 0.308 e. The van der Waals surface area contributed by atoms with E-state index in [1.807, 2.05) is 0 Å². The van der Waals surface area contributed by atoms with E-state index < -0.39 is 0 Å². The van der Waals surface area contributed by atoms with E-state index in [1.54, 1.807) is 0 Å². The Hall–Kier alpha value is -1.35. The van der Waals surface area contributed by atoms with Crippen LogP contribution in [0, 0.1) is 0 Å². The molecule has 0 amide bonds. The third kappa shape index (κ3) is 6.83. The maximum atomic E-state index is 11.9. The predicted octanol–water partition coefficient (Wildman–Crippen LogP) is 7.14. The zero-order valence-electron chi connectivity index (χ0n) is 20.9. The molecule has 1 aliphatic rings. The van der Waals surface area contributed by atoms with Crippen LogP contribution in [0.5, 0.6) is 5.75 Å². The standard InChI is InChI=1S/C27H45NO2/c1-9-10-16-28(22-14-12-11-13-15-22)19-21-17-23(26(3,4)5)25(30-20(2)29)24(18-21)27(6,7)8/h17-18,22H,9-16,19H2,1-8H3. The molecular formula is C27H45NO2. The number of carbonyl (C=O) groups excluding carboxylic acids is 1. The molecule has 1 fully saturated rings. The number of hydrogen-bond donors (Lipinski definition) is 0. The van der Waals surface area contributed by atoms with Crippen molar-refractivity contribution in [3.63, 3.8) is 0 Å². The highest BCUT2D eigenvalue weighted by Gasteiger charge is 2.30. The molecule has 0 atom stereocenters. The summed E-state index contributed by atoms with van der Waals surface area (Å²) in [6.07, 6.45) is 9.24. The molecule has 0 unspecified atom stereocenters. The number of nitrogens with zero attached hydrogens (tertiary/aromatic N) is 1. The number of benzene rings is 1. The molecule has 0 aromatic heterocycles. The van der Waals surface area contributed by atoms with Crippen molar-refractivity contribution in [3.05, 3.63) is 28.8 Å². The van der Waals surface area contributed by atoms with E-state index in [9.17, 15) is 4.79 Å². The van der Waals surface area contributed by atoms with Gasteiger partial charge in [-0.2, -0.15) is 0 Å². The van der Waals surface area contributed by atoms with Crippen LogP contribution >= 0.6 is 0 Å². The zero-order valence-corrected chi connectivity index (χ0v) is 20.9. The number of hydrogen-bond acceptors (Lipinski definition) is 3. The molecule has 1 saturated carbocycles. The molecule has 3 heteroatoms. The predicted molar refractivity (Wildman–Crippen MR) is 127 cm³/mol. The van der Waals surface area contributed by atoms with E-state index in [4.69, 9.17) is 4.74 Å². The molecule has 30 heavy (non-hydrogen) atoms. The molecule has 1 aromatic carbocycles. The Labute approximate surface area is 185 Å². The van der Waals surface area contributed by atoms with Crippen LogP contribution in [0.2, 0.25) is 0 Å². The average molecular weight is 416 g/mol. The zero-order chi connectivity index (χ0) is 22.5. The highest BCUT2D eigenvalue weighted by atomic mass is 16.5. The summed E-state index contributed by atoms with van der Waals surface area (Å²) in [7, 11) is 0. The number of carbonyl (C=O) groups is 1. The van der Waals surface area contributed by atoms with Gasteiger partial charge in [-0.05, 0) is 42.2 Å². The number of esters is 1. The molecule has 0 aliphatic heterocycles. The Morgan fingerprint density at radius 3 is 1.97 bits per heavy atom. The van der Waals surface area contributed by atoms with Crippen LogP contribution in [-0.4, -0.2) is 23.5 Å². The second-order valence-electron chi connectivity index (χ2n) is 11.2.